The number of hydrogen-bond donors (Lipinski definition) is 2. The third-order valence-corrected chi connectivity index (χ3v) is 5.53. The second-order valence-corrected chi connectivity index (χ2v) is 8.19. The third-order valence-electron chi connectivity index (χ3n) is 4.28. The van der Waals surface area contributed by atoms with Gasteiger partial charge in [-0.05, 0) is 75.2 Å². The zero-order valence-corrected chi connectivity index (χ0v) is 17.9. The van der Waals surface area contributed by atoms with Gasteiger partial charge in [0.1, 0.15) is 6.04 Å². The Bertz CT molecular complexity index is 679. The molecule has 2 rings (SSSR count). The summed E-state index contributed by atoms with van der Waals surface area (Å²) >= 11 is 6.80. The first-order valence-corrected chi connectivity index (χ1v) is 10.1. The Morgan fingerprint density at radius 2 is 1.77 bits per heavy atom. The van der Waals surface area contributed by atoms with E-state index in [1.165, 1.54) is 6.92 Å². The fourth-order valence-electron chi connectivity index (χ4n) is 3.10. The van der Waals surface area contributed by atoms with Gasteiger partial charge in [0.2, 0.25) is 5.91 Å². The van der Waals surface area contributed by atoms with Crippen molar-refractivity contribution in [2.24, 2.45) is 5.92 Å². The molecule has 0 bridgehead atoms. The highest BCUT2D eigenvalue weighted by molar-refractivity contribution is 9.11. The molecule has 142 valence electrons. The van der Waals surface area contributed by atoms with Crippen molar-refractivity contribution in [1.29, 1.82) is 0 Å². The minimum Gasteiger partial charge on any atom is -0.454 e. The Morgan fingerprint density at radius 3 is 2.31 bits per heavy atom. The van der Waals surface area contributed by atoms with E-state index in [1.54, 1.807) is 0 Å². The van der Waals surface area contributed by atoms with E-state index < -0.39 is 24.5 Å². The van der Waals surface area contributed by atoms with Gasteiger partial charge in [0.25, 0.3) is 5.91 Å². The lowest BCUT2D eigenvalue weighted by atomic mass is 9.98. The van der Waals surface area contributed by atoms with Crippen LogP contribution in [0.15, 0.2) is 21.1 Å². The van der Waals surface area contributed by atoms with Crippen LogP contribution in [-0.4, -0.2) is 30.4 Å². The number of halogens is 2. The zero-order chi connectivity index (χ0) is 19.3. The number of carbonyl (C=O) groups excluding carboxylic acids is 3. The van der Waals surface area contributed by atoms with Crippen LogP contribution in [0, 0.1) is 12.8 Å². The van der Waals surface area contributed by atoms with Crippen molar-refractivity contribution in [3.63, 3.8) is 0 Å². The molecule has 1 fully saturated rings. The smallest absolute Gasteiger partial charge is 0.329 e. The van der Waals surface area contributed by atoms with Crippen molar-refractivity contribution in [1.82, 2.24) is 5.32 Å². The highest BCUT2D eigenvalue weighted by Gasteiger charge is 2.32. The minimum absolute atomic E-state index is 0.0647. The predicted molar refractivity (Wildman–Crippen MR) is 106 cm³/mol. The van der Waals surface area contributed by atoms with E-state index in [0.717, 1.165) is 40.2 Å². The molecule has 1 saturated carbocycles. The van der Waals surface area contributed by atoms with E-state index in [1.807, 2.05) is 19.1 Å². The SMILES string of the molecule is CC(=O)NC(C(=O)OCC(=O)Nc1c(Br)cc(C)cc1Br)C1CCCC1. The molecule has 6 nitrogen and oxygen atoms in total. The van der Waals surface area contributed by atoms with Gasteiger partial charge in [0.15, 0.2) is 6.61 Å². The summed E-state index contributed by atoms with van der Waals surface area (Å²) < 4.78 is 6.61. The molecule has 1 unspecified atom stereocenters. The highest BCUT2D eigenvalue weighted by Crippen LogP contribution is 2.32. The monoisotopic (exact) mass is 488 g/mol. The van der Waals surface area contributed by atoms with E-state index in [4.69, 9.17) is 4.74 Å². The summed E-state index contributed by atoms with van der Waals surface area (Å²) in [5, 5.41) is 5.37. The van der Waals surface area contributed by atoms with Crippen LogP contribution in [0.3, 0.4) is 0 Å². The lowest BCUT2D eigenvalue weighted by Crippen LogP contribution is -2.46. The van der Waals surface area contributed by atoms with Crippen LogP contribution in [0.5, 0.6) is 0 Å². The summed E-state index contributed by atoms with van der Waals surface area (Å²) in [6, 6.07) is 3.05. The van der Waals surface area contributed by atoms with Crippen LogP contribution in [0.25, 0.3) is 0 Å². The number of benzene rings is 1. The molecule has 0 spiro atoms. The Morgan fingerprint density at radius 1 is 1.19 bits per heavy atom. The topological polar surface area (TPSA) is 84.5 Å². The van der Waals surface area contributed by atoms with Crippen molar-refractivity contribution >= 4 is 55.3 Å². The van der Waals surface area contributed by atoms with Gasteiger partial charge in [0.05, 0.1) is 5.69 Å². The molecular weight excluding hydrogens is 468 g/mol. The molecule has 1 aliphatic carbocycles. The Labute approximate surface area is 169 Å². The van der Waals surface area contributed by atoms with E-state index in [9.17, 15) is 14.4 Å². The molecule has 0 aromatic heterocycles. The molecule has 1 aromatic carbocycles. The zero-order valence-electron chi connectivity index (χ0n) is 14.7. The summed E-state index contributed by atoms with van der Waals surface area (Å²) in [6.45, 7) is 2.90. The summed E-state index contributed by atoms with van der Waals surface area (Å²) in [4.78, 5) is 35.9. The van der Waals surface area contributed by atoms with Gasteiger partial charge >= 0.3 is 5.97 Å². The fourth-order valence-corrected chi connectivity index (χ4v) is 4.71. The minimum atomic E-state index is -0.694. The summed E-state index contributed by atoms with van der Waals surface area (Å²) in [7, 11) is 0. The van der Waals surface area contributed by atoms with Crippen LogP contribution in [-0.2, 0) is 19.1 Å². The first-order chi connectivity index (χ1) is 12.3. The van der Waals surface area contributed by atoms with Crippen molar-refractivity contribution in [2.75, 3.05) is 11.9 Å². The Hall–Kier alpha value is -1.41. The number of amides is 2. The average molecular weight is 490 g/mol. The molecule has 1 aliphatic rings. The molecule has 0 saturated heterocycles. The molecule has 8 heteroatoms. The number of hydrogen-bond acceptors (Lipinski definition) is 4. The second-order valence-electron chi connectivity index (χ2n) is 6.48. The molecule has 1 atom stereocenters. The first kappa shape index (κ1) is 20.9. The summed E-state index contributed by atoms with van der Waals surface area (Å²) in [5.74, 6) is -1.23. The van der Waals surface area contributed by atoms with Gasteiger partial charge < -0.3 is 15.4 Å². The molecule has 1 aromatic rings. The highest BCUT2D eigenvalue weighted by atomic mass is 79.9. The third kappa shape index (κ3) is 5.81. The van der Waals surface area contributed by atoms with Gasteiger partial charge in [-0.25, -0.2) is 4.79 Å². The molecule has 0 aliphatic heterocycles. The number of nitrogens with one attached hydrogen (secondary N) is 2. The van der Waals surface area contributed by atoms with Gasteiger partial charge in [-0.15, -0.1) is 0 Å². The number of carbonyl (C=O) groups is 3. The molecule has 2 N–H and O–H groups in total. The molecule has 2 amide bonds. The number of ether oxygens (including phenoxy) is 1. The maximum absolute atomic E-state index is 12.4. The summed E-state index contributed by atoms with van der Waals surface area (Å²) in [5.41, 5.74) is 1.61. The van der Waals surface area contributed by atoms with Crippen molar-refractivity contribution < 1.29 is 19.1 Å². The first-order valence-electron chi connectivity index (χ1n) is 8.47. The molecule has 26 heavy (non-hydrogen) atoms. The van der Waals surface area contributed by atoms with Gasteiger partial charge in [-0.2, -0.15) is 0 Å². The van der Waals surface area contributed by atoms with E-state index in [-0.39, 0.29) is 11.8 Å². The van der Waals surface area contributed by atoms with Crippen LogP contribution in [0.4, 0.5) is 5.69 Å². The Kier molecular flexibility index (Phi) is 7.64. The molecule has 0 radical (unpaired) electrons. The number of esters is 1. The van der Waals surface area contributed by atoms with Gasteiger partial charge in [0, 0.05) is 15.9 Å². The number of aryl methyl sites for hydroxylation is 1. The van der Waals surface area contributed by atoms with Crippen LogP contribution < -0.4 is 10.6 Å². The van der Waals surface area contributed by atoms with E-state index in [0.29, 0.717) is 5.69 Å². The van der Waals surface area contributed by atoms with E-state index in [2.05, 4.69) is 42.5 Å². The summed E-state index contributed by atoms with van der Waals surface area (Å²) in [6.07, 6.45) is 3.80. The quantitative estimate of drug-likeness (QED) is 0.596. The van der Waals surface area contributed by atoms with Crippen molar-refractivity contribution in [2.45, 2.75) is 45.6 Å². The van der Waals surface area contributed by atoms with Crippen molar-refractivity contribution in [3.05, 3.63) is 26.6 Å². The van der Waals surface area contributed by atoms with Crippen molar-refractivity contribution in [3.8, 4) is 0 Å². The lowest BCUT2D eigenvalue weighted by Gasteiger charge is -2.22. The predicted octanol–water partition coefficient (Wildman–Crippen LogP) is 3.70. The lowest BCUT2D eigenvalue weighted by molar-refractivity contribution is -0.152. The largest absolute Gasteiger partial charge is 0.454 e. The Balaban J connectivity index is 1.94. The number of rotatable bonds is 6. The van der Waals surface area contributed by atoms with Gasteiger partial charge in [-0.1, -0.05) is 12.8 Å². The van der Waals surface area contributed by atoms with Gasteiger partial charge in [-0.3, -0.25) is 9.59 Å². The normalized spacial score (nSPS) is 15.4. The van der Waals surface area contributed by atoms with E-state index >= 15 is 0 Å². The standard InChI is InChI=1S/C18H22Br2N2O4/c1-10-7-13(19)17(14(20)8-10)22-15(24)9-26-18(25)16(21-11(2)23)12-5-3-4-6-12/h7-8,12,16H,3-6,9H2,1-2H3,(H,21,23)(H,22,24). The van der Waals surface area contributed by atoms with Crippen LogP contribution >= 0.6 is 31.9 Å². The number of anilines is 1. The average Bonchev–Trinajstić information content (AvgIpc) is 3.07. The van der Waals surface area contributed by atoms with Crippen LogP contribution in [0.1, 0.15) is 38.2 Å². The maximum Gasteiger partial charge on any atom is 0.329 e. The molecule has 0 heterocycles. The van der Waals surface area contributed by atoms with Crippen LogP contribution in [0.2, 0.25) is 0 Å². The fraction of sp³-hybridized carbons (Fsp3) is 0.500. The maximum atomic E-state index is 12.4. The molecular formula is C18H22Br2N2O4. The second kappa shape index (κ2) is 9.50.